The van der Waals surface area contributed by atoms with E-state index in [4.69, 9.17) is 0 Å². The fourth-order valence-corrected chi connectivity index (χ4v) is 10.6. The molecule has 3 aliphatic rings. The molecule has 1 spiro atoms. The fourth-order valence-electron chi connectivity index (χ4n) is 9.45. The van der Waals surface area contributed by atoms with E-state index in [2.05, 4.69) is 178 Å². The second-order valence-electron chi connectivity index (χ2n) is 14.4. The molecule has 0 saturated carbocycles. The molecule has 0 radical (unpaired) electrons. The van der Waals surface area contributed by atoms with Crippen LogP contribution in [0, 0.1) is 0 Å². The second kappa shape index (κ2) is 10.7. The van der Waals surface area contributed by atoms with E-state index in [0.29, 0.717) is 0 Å². The second-order valence-corrected chi connectivity index (χ2v) is 15.5. The highest BCUT2D eigenvalue weighted by Crippen LogP contribution is 2.63. The quantitative estimate of drug-likeness (QED) is 0.184. The minimum absolute atomic E-state index is 0.0216. The highest BCUT2D eigenvalue weighted by atomic mass is 32.2. The molecule has 49 heavy (non-hydrogen) atoms. The van der Waals surface area contributed by atoms with Gasteiger partial charge in [-0.15, -0.1) is 0 Å². The highest BCUT2D eigenvalue weighted by molar-refractivity contribution is 7.99. The minimum Gasteiger partial charge on any atom is -0.0894 e. The lowest BCUT2D eigenvalue weighted by atomic mass is 9.64. The largest absolute Gasteiger partial charge is 0.0894 e. The monoisotopic (exact) mass is 644 g/mol. The van der Waals surface area contributed by atoms with E-state index in [1.54, 1.807) is 0 Å². The third kappa shape index (κ3) is 4.00. The van der Waals surface area contributed by atoms with Crippen LogP contribution in [-0.4, -0.2) is 0 Å². The number of rotatable bonds is 4. The molecular weight excluding hydrogens is 609 g/mol. The molecule has 0 amide bonds. The van der Waals surface area contributed by atoms with Crippen LogP contribution in [0.5, 0.6) is 0 Å². The summed E-state index contributed by atoms with van der Waals surface area (Å²) >= 11 is 1.91. The van der Waals surface area contributed by atoms with Gasteiger partial charge < -0.3 is 0 Å². The molecule has 1 heterocycles. The van der Waals surface area contributed by atoms with Crippen LogP contribution < -0.4 is 0 Å². The van der Waals surface area contributed by atoms with Crippen molar-refractivity contribution in [3.63, 3.8) is 0 Å². The van der Waals surface area contributed by atoms with E-state index in [1.807, 2.05) is 11.8 Å². The topological polar surface area (TPSA) is 0 Å². The molecule has 1 aliphatic heterocycles. The normalized spacial score (nSPS) is 15.8. The Morgan fingerprint density at radius 1 is 0.469 bits per heavy atom. The standard InChI is InChI=1S/C48H36S/c1-47(2)39-21-8-6-18-34(39)38-30-32(27-28-40(38)47)37(29-31-15-4-3-5-16-31)36-20-14-19-35-33-17-7-9-22-41(33)48(46(35)36)42-23-10-12-25-44(42)49-45-26-13-11-24-43(45)48/h3-28,30,37H,29H2,1-2H3. The summed E-state index contributed by atoms with van der Waals surface area (Å²) in [5, 5.41) is 0. The Morgan fingerprint density at radius 3 is 1.73 bits per heavy atom. The SMILES string of the molecule is CC1(C)c2ccccc2-c2cc(C(Cc3ccccc3)c3cccc4c3C3(c5ccccc5Sc5ccccc53)c3ccccc3-4)ccc21. The minimum atomic E-state index is -0.415. The molecular formula is C48H36S. The number of fused-ring (bicyclic) bond motifs is 12. The summed E-state index contributed by atoms with van der Waals surface area (Å²) in [6.45, 7) is 4.75. The van der Waals surface area contributed by atoms with Gasteiger partial charge in [-0.05, 0) is 90.9 Å². The third-order valence-electron chi connectivity index (χ3n) is 11.6. The first-order valence-electron chi connectivity index (χ1n) is 17.4. The van der Waals surface area contributed by atoms with Gasteiger partial charge in [0.2, 0.25) is 0 Å². The van der Waals surface area contributed by atoms with Gasteiger partial charge in [0, 0.05) is 21.1 Å². The summed E-state index contributed by atoms with van der Waals surface area (Å²) in [5.41, 5.74) is 17.6. The maximum Gasteiger partial charge on any atom is 0.0738 e. The Kier molecular flexibility index (Phi) is 6.30. The van der Waals surface area contributed by atoms with E-state index in [9.17, 15) is 0 Å². The summed E-state index contributed by atoms with van der Waals surface area (Å²) in [6.07, 6.45) is 0.922. The van der Waals surface area contributed by atoms with Gasteiger partial charge in [-0.2, -0.15) is 0 Å². The van der Waals surface area contributed by atoms with Crippen molar-refractivity contribution >= 4 is 11.8 Å². The van der Waals surface area contributed by atoms with Crippen LogP contribution in [0.25, 0.3) is 22.3 Å². The van der Waals surface area contributed by atoms with Crippen LogP contribution in [0.3, 0.4) is 0 Å². The van der Waals surface area contributed by atoms with Gasteiger partial charge in [-0.1, -0.05) is 177 Å². The Bertz CT molecular complexity index is 2390. The van der Waals surface area contributed by atoms with Crippen molar-refractivity contribution in [3.8, 4) is 22.3 Å². The Balaban J connectivity index is 1.29. The Labute approximate surface area is 293 Å². The van der Waals surface area contributed by atoms with Crippen molar-refractivity contribution < 1.29 is 0 Å². The van der Waals surface area contributed by atoms with Gasteiger partial charge in [0.25, 0.3) is 0 Å². The smallest absolute Gasteiger partial charge is 0.0738 e. The molecule has 7 aromatic carbocycles. The van der Waals surface area contributed by atoms with Gasteiger partial charge >= 0.3 is 0 Å². The van der Waals surface area contributed by atoms with E-state index >= 15 is 0 Å². The fraction of sp³-hybridized carbons (Fsp3) is 0.125. The van der Waals surface area contributed by atoms with Gasteiger partial charge in [0.1, 0.15) is 0 Å². The maximum atomic E-state index is 2.53. The first kappa shape index (κ1) is 28.9. The molecule has 1 atom stereocenters. The third-order valence-corrected chi connectivity index (χ3v) is 12.7. The number of hydrogen-bond donors (Lipinski definition) is 0. The molecule has 0 bridgehead atoms. The zero-order valence-corrected chi connectivity index (χ0v) is 28.6. The average molecular weight is 645 g/mol. The van der Waals surface area contributed by atoms with Crippen molar-refractivity contribution in [3.05, 3.63) is 214 Å². The summed E-state index contributed by atoms with van der Waals surface area (Å²) in [7, 11) is 0. The average Bonchev–Trinajstić information content (AvgIpc) is 3.57. The molecule has 7 aromatic rings. The summed E-state index contributed by atoms with van der Waals surface area (Å²) < 4.78 is 0. The van der Waals surface area contributed by atoms with E-state index in [0.717, 1.165) is 6.42 Å². The zero-order valence-electron chi connectivity index (χ0n) is 27.8. The maximum absolute atomic E-state index is 2.53. The molecule has 0 aromatic heterocycles. The van der Waals surface area contributed by atoms with Gasteiger partial charge in [-0.3, -0.25) is 0 Å². The number of hydrogen-bond acceptors (Lipinski definition) is 1. The molecule has 1 heteroatoms. The first-order valence-corrected chi connectivity index (χ1v) is 18.3. The molecule has 10 rings (SSSR count). The van der Waals surface area contributed by atoms with E-state index in [1.165, 1.54) is 82.1 Å². The van der Waals surface area contributed by atoms with Crippen LogP contribution in [0.15, 0.2) is 174 Å². The molecule has 0 saturated heterocycles. The Hall–Kier alpha value is -5.11. The van der Waals surface area contributed by atoms with E-state index < -0.39 is 5.41 Å². The van der Waals surface area contributed by atoms with Gasteiger partial charge in [0.15, 0.2) is 0 Å². The molecule has 1 unspecified atom stereocenters. The highest BCUT2D eigenvalue weighted by Gasteiger charge is 2.51. The molecule has 0 nitrogen and oxygen atoms in total. The number of benzene rings is 7. The molecule has 0 fully saturated rings. The van der Waals surface area contributed by atoms with Crippen molar-refractivity contribution in [2.45, 2.75) is 46.8 Å². The van der Waals surface area contributed by atoms with Crippen LogP contribution in [0.4, 0.5) is 0 Å². The lowest BCUT2D eigenvalue weighted by Crippen LogP contribution is -2.33. The lowest BCUT2D eigenvalue weighted by molar-refractivity contribution is 0.659. The summed E-state index contributed by atoms with van der Waals surface area (Å²) in [5.74, 6) is 0.151. The molecule has 2 aliphatic carbocycles. The van der Waals surface area contributed by atoms with Crippen molar-refractivity contribution in [1.82, 2.24) is 0 Å². The van der Waals surface area contributed by atoms with Crippen LogP contribution in [0.2, 0.25) is 0 Å². The van der Waals surface area contributed by atoms with Crippen LogP contribution >= 0.6 is 11.8 Å². The summed E-state index contributed by atoms with van der Waals surface area (Å²) in [6, 6.07) is 62.1. The van der Waals surface area contributed by atoms with Gasteiger partial charge in [-0.25, -0.2) is 0 Å². The summed E-state index contributed by atoms with van der Waals surface area (Å²) in [4.78, 5) is 2.68. The first-order chi connectivity index (χ1) is 24.1. The van der Waals surface area contributed by atoms with Crippen molar-refractivity contribution in [2.24, 2.45) is 0 Å². The van der Waals surface area contributed by atoms with Crippen molar-refractivity contribution in [2.75, 3.05) is 0 Å². The molecule has 234 valence electrons. The van der Waals surface area contributed by atoms with Crippen LogP contribution in [-0.2, 0) is 17.3 Å². The van der Waals surface area contributed by atoms with Crippen LogP contribution in [0.1, 0.15) is 69.8 Å². The lowest BCUT2D eigenvalue weighted by Gasteiger charge is -2.41. The van der Waals surface area contributed by atoms with Crippen molar-refractivity contribution in [1.29, 1.82) is 0 Å². The zero-order chi connectivity index (χ0) is 32.7. The van der Waals surface area contributed by atoms with Gasteiger partial charge in [0.05, 0.1) is 5.41 Å². The Morgan fingerprint density at radius 2 is 1.02 bits per heavy atom. The van der Waals surface area contributed by atoms with E-state index in [-0.39, 0.29) is 11.3 Å². The predicted octanol–water partition coefficient (Wildman–Crippen LogP) is 12.2. The predicted molar refractivity (Wildman–Crippen MR) is 204 cm³/mol. The molecule has 0 N–H and O–H groups in total.